The number of rotatable bonds is 5. The number of carbonyl (C=O) groups is 1. The second-order valence-electron chi connectivity index (χ2n) is 7.76. The lowest BCUT2D eigenvalue weighted by molar-refractivity contribution is 0.0205. The maximum Gasteiger partial charge on any atom is 0.255 e. The topological polar surface area (TPSA) is 54.7 Å². The third kappa shape index (κ3) is 4.02. The number of nitrogens with zero attached hydrogens (tertiary/aromatic N) is 1. The SMILES string of the molecule is O=C(Nc1c(C(c2cccc(F)c2)N2CCOCC2)oc2ccccc12)c1ccccc1. The van der Waals surface area contributed by atoms with Crippen LogP contribution in [0, 0.1) is 5.82 Å². The molecule has 1 fully saturated rings. The number of morpholine rings is 1. The highest BCUT2D eigenvalue weighted by molar-refractivity contribution is 6.09. The van der Waals surface area contributed by atoms with E-state index >= 15 is 0 Å². The quantitative estimate of drug-likeness (QED) is 0.470. The minimum absolute atomic E-state index is 0.224. The number of anilines is 1. The molecule has 1 unspecified atom stereocenters. The van der Waals surface area contributed by atoms with E-state index in [0.29, 0.717) is 48.9 Å². The average Bonchev–Trinajstić information content (AvgIpc) is 3.18. The van der Waals surface area contributed by atoms with Gasteiger partial charge in [0.2, 0.25) is 0 Å². The molecule has 162 valence electrons. The third-order valence-electron chi connectivity index (χ3n) is 5.72. The van der Waals surface area contributed by atoms with Crippen molar-refractivity contribution >= 4 is 22.6 Å². The summed E-state index contributed by atoms with van der Waals surface area (Å²) in [6, 6.07) is 22.8. The van der Waals surface area contributed by atoms with Crippen molar-refractivity contribution in [2.24, 2.45) is 0 Å². The molecular formula is C26H23FN2O3. The lowest BCUT2D eigenvalue weighted by Crippen LogP contribution is -2.39. The summed E-state index contributed by atoms with van der Waals surface area (Å²) >= 11 is 0. The van der Waals surface area contributed by atoms with E-state index in [0.717, 1.165) is 10.9 Å². The number of carbonyl (C=O) groups excluding carboxylic acids is 1. The van der Waals surface area contributed by atoms with Gasteiger partial charge >= 0.3 is 0 Å². The minimum Gasteiger partial charge on any atom is -0.457 e. The van der Waals surface area contributed by atoms with Gasteiger partial charge in [0, 0.05) is 24.0 Å². The lowest BCUT2D eigenvalue weighted by atomic mass is 10.00. The van der Waals surface area contributed by atoms with Crippen LogP contribution in [-0.2, 0) is 4.74 Å². The Kier molecular flexibility index (Phi) is 5.71. The Balaban J connectivity index is 1.64. The monoisotopic (exact) mass is 430 g/mol. The van der Waals surface area contributed by atoms with Crippen molar-refractivity contribution in [1.82, 2.24) is 4.90 Å². The zero-order valence-corrected chi connectivity index (χ0v) is 17.5. The summed E-state index contributed by atoms with van der Waals surface area (Å²) in [7, 11) is 0. The fourth-order valence-corrected chi connectivity index (χ4v) is 4.20. The van der Waals surface area contributed by atoms with Crippen LogP contribution in [0.3, 0.4) is 0 Å². The molecule has 1 aliphatic rings. The van der Waals surface area contributed by atoms with Crippen molar-refractivity contribution in [3.8, 4) is 0 Å². The number of fused-ring (bicyclic) bond motifs is 1. The standard InChI is InChI=1S/C26H23FN2O3/c27-20-10-6-9-19(17-20)24(29-13-15-31-16-14-29)25-23(21-11-4-5-12-22(21)32-25)28-26(30)18-7-2-1-3-8-18/h1-12,17,24H,13-16H2,(H,28,30). The Bertz CT molecular complexity index is 1230. The van der Waals surface area contributed by atoms with E-state index in [9.17, 15) is 9.18 Å². The van der Waals surface area contributed by atoms with Crippen LogP contribution < -0.4 is 5.32 Å². The van der Waals surface area contributed by atoms with Gasteiger partial charge in [0.25, 0.3) is 5.91 Å². The number of amides is 1. The first-order chi connectivity index (χ1) is 15.7. The van der Waals surface area contributed by atoms with Crippen molar-refractivity contribution in [2.45, 2.75) is 6.04 Å². The van der Waals surface area contributed by atoms with Gasteiger partial charge in [-0.25, -0.2) is 4.39 Å². The Labute approximate surface area is 185 Å². The molecule has 1 saturated heterocycles. The first-order valence-corrected chi connectivity index (χ1v) is 10.7. The van der Waals surface area contributed by atoms with Gasteiger partial charge in [0.15, 0.2) is 0 Å². The molecule has 4 aromatic rings. The molecule has 5 nitrogen and oxygen atoms in total. The number of furan rings is 1. The highest BCUT2D eigenvalue weighted by Gasteiger charge is 2.31. The third-order valence-corrected chi connectivity index (χ3v) is 5.72. The molecule has 6 heteroatoms. The van der Waals surface area contributed by atoms with Crippen LogP contribution in [0.15, 0.2) is 83.3 Å². The predicted molar refractivity (Wildman–Crippen MR) is 121 cm³/mol. The normalized spacial score (nSPS) is 15.5. The molecular weight excluding hydrogens is 407 g/mol. The Hall–Kier alpha value is -3.48. The van der Waals surface area contributed by atoms with Gasteiger partial charge in [-0.1, -0.05) is 42.5 Å². The maximum atomic E-state index is 14.2. The minimum atomic E-state index is -0.368. The number of benzene rings is 3. The highest BCUT2D eigenvalue weighted by Crippen LogP contribution is 2.40. The van der Waals surface area contributed by atoms with Crippen LogP contribution >= 0.6 is 0 Å². The van der Waals surface area contributed by atoms with Crippen LogP contribution in [0.5, 0.6) is 0 Å². The number of para-hydroxylation sites is 1. The van der Waals surface area contributed by atoms with Crippen LogP contribution in [0.1, 0.15) is 27.7 Å². The molecule has 0 saturated carbocycles. The van der Waals surface area contributed by atoms with E-state index in [1.54, 1.807) is 18.2 Å². The molecule has 1 N–H and O–H groups in total. The number of halogens is 1. The summed E-state index contributed by atoms with van der Waals surface area (Å²) in [5.41, 5.74) is 2.59. The van der Waals surface area contributed by atoms with E-state index in [4.69, 9.17) is 9.15 Å². The molecule has 1 aromatic heterocycles. The van der Waals surface area contributed by atoms with Gasteiger partial charge in [0.05, 0.1) is 24.9 Å². The lowest BCUT2D eigenvalue weighted by Gasteiger charge is -2.34. The van der Waals surface area contributed by atoms with Gasteiger partial charge < -0.3 is 14.5 Å². The fourth-order valence-electron chi connectivity index (χ4n) is 4.20. The molecule has 5 rings (SSSR count). The second-order valence-corrected chi connectivity index (χ2v) is 7.76. The zero-order chi connectivity index (χ0) is 21.9. The van der Waals surface area contributed by atoms with Gasteiger partial charge in [-0.2, -0.15) is 0 Å². The van der Waals surface area contributed by atoms with Crippen LogP contribution in [-0.4, -0.2) is 37.1 Å². The molecule has 0 spiro atoms. The molecule has 1 amide bonds. The zero-order valence-electron chi connectivity index (χ0n) is 17.5. The first kappa shape index (κ1) is 20.4. The van der Waals surface area contributed by atoms with Crippen molar-refractivity contribution in [3.05, 3.63) is 102 Å². The van der Waals surface area contributed by atoms with Crippen LogP contribution in [0.25, 0.3) is 11.0 Å². The average molecular weight is 430 g/mol. The second kappa shape index (κ2) is 8.94. The summed E-state index contributed by atoms with van der Waals surface area (Å²) in [5, 5.41) is 3.88. The van der Waals surface area contributed by atoms with Crippen molar-refractivity contribution in [2.75, 3.05) is 31.6 Å². The molecule has 3 aromatic carbocycles. The summed E-state index contributed by atoms with van der Waals surface area (Å²) in [6.45, 7) is 2.50. The Morgan fingerprint density at radius 1 is 0.938 bits per heavy atom. The summed E-state index contributed by atoms with van der Waals surface area (Å²) < 4.78 is 26.1. The fraction of sp³-hybridized carbons (Fsp3) is 0.192. The number of nitrogens with one attached hydrogen (secondary N) is 1. The number of hydrogen-bond donors (Lipinski definition) is 1. The summed E-state index contributed by atoms with van der Waals surface area (Å²) in [4.78, 5) is 15.3. The van der Waals surface area contributed by atoms with Gasteiger partial charge in [0.1, 0.15) is 17.2 Å². The van der Waals surface area contributed by atoms with E-state index in [-0.39, 0.29) is 17.8 Å². The first-order valence-electron chi connectivity index (χ1n) is 10.7. The van der Waals surface area contributed by atoms with Crippen molar-refractivity contribution < 1.29 is 18.3 Å². The van der Waals surface area contributed by atoms with Crippen LogP contribution in [0.2, 0.25) is 0 Å². The van der Waals surface area contributed by atoms with E-state index < -0.39 is 0 Å². The molecule has 1 aliphatic heterocycles. The Morgan fingerprint density at radius 3 is 2.47 bits per heavy atom. The van der Waals surface area contributed by atoms with E-state index in [1.165, 1.54) is 12.1 Å². The van der Waals surface area contributed by atoms with Crippen molar-refractivity contribution in [3.63, 3.8) is 0 Å². The number of hydrogen-bond acceptors (Lipinski definition) is 4. The highest BCUT2D eigenvalue weighted by atomic mass is 19.1. The number of ether oxygens (including phenoxy) is 1. The largest absolute Gasteiger partial charge is 0.457 e. The molecule has 0 bridgehead atoms. The molecule has 0 radical (unpaired) electrons. The van der Waals surface area contributed by atoms with Gasteiger partial charge in [-0.05, 0) is 42.0 Å². The maximum absolute atomic E-state index is 14.2. The molecule has 1 atom stereocenters. The van der Waals surface area contributed by atoms with E-state index in [2.05, 4.69) is 10.2 Å². The Morgan fingerprint density at radius 2 is 1.69 bits per heavy atom. The smallest absolute Gasteiger partial charge is 0.255 e. The summed E-state index contributed by atoms with van der Waals surface area (Å²) in [5.74, 6) is 0.0492. The molecule has 0 aliphatic carbocycles. The molecule has 2 heterocycles. The van der Waals surface area contributed by atoms with Crippen molar-refractivity contribution in [1.29, 1.82) is 0 Å². The van der Waals surface area contributed by atoms with Gasteiger partial charge in [-0.3, -0.25) is 9.69 Å². The predicted octanol–water partition coefficient (Wildman–Crippen LogP) is 5.25. The molecule has 32 heavy (non-hydrogen) atoms. The van der Waals surface area contributed by atoms with E-state index in [1.807, 2.05) is 48.5 Å². The van der Waals surface area contributed by atoms with Gasteiger partial charge in [-0.15, -0.1) is 0 Å². The van der Waals surface area contributed by atoms with Crippen LogP contribution in [0.4, 0.5) is 10.1 Å². The summed E-state index contributed by atoms with van der Waals surface area (Å²) in [6.07, 6.45) is 0.